The van der Waals surface area contributed by atoms with Crippen molar-refractivity contribution in [1.29, 1.82) is 5.26 Å². The van der Waals surface area contributed by atoms with Gasteiger partial charge in [-0.05, 0) is 43.1 Å². The van der Waals surface area contributed by atoms with Gasteiger partial charge in [-0.2, -0.15) is 18.4 Å². The summed E-state index contributed by atoms with van der Waals surface area (Å²) in [5, 5.41) is 20.6. The van der Waals surface area contributed by atoms with E-state index in [1.54, 1.807) is 6.07 Å². The molecule has 2 rings (SSSR count). The molecule has 0 fully saturated rings. The summed E-state index contributed by atoms with van der Waals surface area (Å²) in [6, 6.07) is 3.93. The zero-order chi connectivity index (χ0) is 18.3. The summed E-state index contributed by atoms with van der Waals surface area (Å²) in [5.74, 6) is -2.34. The van der Waals surface area contributed by atoms with E-state index in [0.29, 0.717) is 10.8 Å². The Morgan fingerprint density at radius 2 is 1.83 bits per heavy atom. The average Bonchev–Trinajstić information content (AvgIpc) is 2.73. The molecule has 1 aromatic rings. The third-order valence-corrected chi connectivity index (χ3v) is 4.80. The van der Waals surface area contributed by atoms with Crippen LogP contribution in [0.5, 0.6) is 0 Å². The van der Waals surface area contributed by atoms with Gasteiger partial charge in [0.2, 0.25) is 0 Å². The molecule has 0 radical (unpaired) electrons. The number of nitrogens with zero attached hydrogens (tertiary/aromatic N) is 1. The van der Waals surface area contributed by atoms with Crippen LogP contribution in [-0.4, -0.2) is 36.1 Å². The summed E-state index contributed by atoms with van der Waals surface area (Å²) in [6.07, 6.45) is -3.24. The van der Waals surface area contributed by atoms with Crippen molar-refractivity contribution in [2.24, 2.45) is 0 Å². The zero-order valence-electron chi connectivity index (χ0n) is 12.2. The number of nitriles is 1. The van der Waals surface area contributed by atoms with E-state index in [1.165, 1.54) is 22.9 Å². The molecule has 0 atom stereocenters. The van der Waals surface area contributed by atoms with Crippen molar-refractivity contribution in [3.8, 4) is 6.07 Å². The van der Waals surface area contributed by atoms with E-state index in [1.807, 2.05) is 0 Å². The average molecular weight is 401 g/mol. The van der Waals surface area contributed by atoms with Crippen LogP contribution in [0.4, 0.5) is 13.2 Å². The predicted octanol–water partition coefficient (Wildman–Crippen LogP) is 3.93. The van der Waals surface area contributed by atoms with Gasteiger partial charge < -0.3 is 10.4 Å². The first kappa shape index (κ1) is 20.9. The first-order valence-electron chi connectivity index (χ1n) is 6.68. The molecule has 0 bridgehead atoms. The summed E-state index contributed by atoms with van der Waals surface area (Å²) in [5.41, 5.74) is 2.40. The molecule has 24 heavy (non-hydrogen) atoms. The number of fused-ring (bicyclic) bond motifs is 1. The van der Waals surface area contributed by atoms with E-state index in [4.69, 9.17) is 38.4 Å². The lowest BCUT2D eigenvalue weighted by atomic mass is 10.0. The van der Waals surface area contributed by atoms with Crippen molar-refractivity contribution in [2.45, 2.75) is 23.9 Å². The fourth-order valence-electron chi connectivity index (χ4n) is 2.04. The highest BCUT2D eigenvalue weighted by molar-refractivity contribution is 7.99. The van der Waals surface area contributed by atoms with Crippen LogP contribution >= 0.6 is 35.0 Å². The standard InChI is InChI=1S/C12H12Cl2N2S.C2HF3O2/c13-10-7-11(14)12(17-6-3-15)9-2-5-16-4-1-8(9)10;3-2(4,5)1(6)7/h7,16H,1-2,4-6H2;(H,6,7). The van der Waals surface area contributed by atoms with E-state index < -0.39 is 12.1 Å². The Balaban J connectivity index is 0.000000351. The first-order chi connectivity index (χ1) is 11.2. The van der Waals surface area contributed by atoms with Crippen LogP contribution in [0.1, 0.15) is 11.1 Å². The smallest absolute Gasteiger partial charge is 0.475 e. The maximum absolute atomic E-state index is 10.6. The molecule has 0 spiro atoms. The number of carbonyl (C=O) groups is 1. The van der Waals surface area contributed by atoms with Gasteiger partial charge in [0.25, 0.3) is 0 Å². The number of halogens is 5. The Bertz CT molecular complexity index is 648. The second-order valence-electron chi connectivity index (χ2n) is 4.63. The van der Waals surface area contributed by atoms with Crippen molar-refractivity contribution in [3.05, 3.63) is 27.2 Å². The van der Waals surface area contributed by atoms with Crippen LogP contribution in [0.25, 0.3) is 0 Å². The molecule has 10 heteroatoms. The minimum absolute atomic E-state index is 0.418. The third kappa shape index (κ3) is 6.06. The maximum atomic E-state index is 10.6. The number of rotatable bonds is 2. The normalized spacial score (nSPS) is 13.8. The number of alkyl halides is 3. The van der Waals surface area contributed by atoms with Gasteiger partial charge in [0, 0.05) is 9.92 Å². The fourth-order valence-corrected chi connectivity index (χ4v) is 3.60. The minimum Gasteiger partial charge on any atom is -0.475 e. The second-order valence-corrected chi connectivity index (χ2v) is 6.43. The molecular weight excluding hydrogens is 388 g/mol. The van der Waals surface area contributed by atoms with Crippen LogP contribution in [0, 0.1) is 11.3 Å². The highest BCUT2D eigenvalue weighted by Crippen LogP contribution is 2.37. The van der Waals surface area contributed by atoms with Gasteiger partial charge in [0.1, 0.15) is 0 Å². The van der Waals surface area contributed by atoms with Crippen molar-refractivity contribution in [3.63, 3.8) is 0 Å². The van der Waals surface area contributed by atoms with Gasteiger partial charge in [-0.15, -0.1) is 11.8 Å². The fraction of sp³-hybridized carbons (Fsp3) is 0.429. The van der Waals surface area contributed by atoms with Gasteiger partial charge >= 0.3 is 12.1 Å². The van der Waals surface area contributed by atoms with Crippen LogP contribution in [0.2, 0.25) is 10.0 Å². The van der Waals surface area contributed by atoms with Gasteiger partial charge in [0.15, 0.2) is 0 Å². The third-order valence-electron chi connectivity index (χ3n) is 3.02. The molecule has 1 aliphatic rings. The van der Waals surface area contributed by atoms with Crippen molar-refractivity contribution in [1.82, 2.24) is 5.32 Å². The topological polar surface area (TPSA) is 73.1 Å². The molecule has 1 aliphatic heterocycles. The SMILES string of the molecule is N#CCSc1c(Cl)cc(Cl)c2c1CCNCC2.O=C(O)C(F)(F)F. The highest BCUT2D eigenvalue weighted by atomic mass is 35.5. The molecule has 1 heterocycles. The Morgan fingerprint density at radius 1 is 1.29 bits per heavy atom. The number of carboxylic acids is 1. The Hall–Kier alpha value is -1.14. The minimum atomic E-state index is -5.08. The number of carboxylic acid groups (broad SMARTS) is 1. The van der Waals surface area contributed by atoms with Crippen LogP contribution < -0.4 is 5.32 Å². The molecule has 0 aromatic heterocycles. The maximum Gasteiger partial charge on any atom is 0.490 e. The summed E-state index contributed by atoms with van der Waals surface area (Å²) in [4.78, 5) is 9.92. The number of benzene rings is 1. The number of hydrogen-bond donors (Lipinski definition) is 2. The van der Waals surface area contributed by atoms with Gasteiger partial charge in [-0.1, -0.05) is 23.2 Å². The molecule has 0 aliphatic carbocycles. The first-order valence-corrected chi connectivity index (χ1v) is 8.43. The summed E-state index contributed by atoms with van der Waals surface area (Å²) >= 11 is 14.0. The number of thioether (sulfide) groups is 1. The van der Waals surface area contributed by atoms with E-state index >= 15 is 0 Å². The van der Waals surface area contributed by atoms with E-state index in [2.05, 4.69) is 11.4 Å². The molecule has 0 saturated heterocycles. The van der Waals surface area contributed by atoms with Crippen molar-refractivity contribution < 1.29 is 23.1 Å². The van der Waals surface area contributed by atoms with Gasteiger partial charge in [0.05, 0.1) is 16.8 Å². The Morgan fingerprint density at radius 3 is 2.33 bits per heavy atom. The van der Waals surface area contributed by atoms with Crippen LogP contribution in [-0.2, 0) is 17.6 Å². The zero-order valence-corrected chi connectivity index (χ0v) is 14.5. The van der Waals surface area contributed by atoms with E-state index in [9.17, 15) is 13.2 Å². The summed E-state index contributed by atoms with van der Waals surface area (Å²) < 4.78 is 31.7. The van der Waals surface area contributed by atoms with Gasteiger partial charge in [-0.25, -0.2) is 4.79 Å². The quantitative estimate of drug-likeness (QED) is 0.735. The largest absolute Gasteiger partial charge is 0.490 e. The van der Waals surface area contributed by atoms with Gasteiger partial charge in [-0.3, -0.25) is 0 Å². The molecule has 1 aromatic carbocycles. The molecular formula is C14H13Cl2F3N2O2S. The molecule has 0 amide bonds. The highest BCUT2D eigenvalue weighted by Gasteiger charge is 2.38. The lowest BCUT2D eigenvalue weighted by molar-refractivity contribution is -0.192. The lowest BCUT2D eigenvalue weighted by Gasteiger charge is -2.14. The van der Waals surface area contributed by atoms with Crippen molar-refractivity contribution >= 4 is 40.9 Å². The Kier molecular flexibility index (Phi) is 8.16. The van der Waals surface area contributed by atoms with E-state index in [-0.39, 0.29) is 0 Å². The van der Waals surface area contributed by atoms with Crippen LogP contribution in [0.15, 0.2) is 11.0 Å². The number of hydrogen-bond acceptors (Lipinski definition) is 4. The summed E-state index contributed by atoms with van der Waals surface area (Å²) in [7, 11) is 0. The van der Waals surface area contributed by atoms with Crippen LogP contribution in [0.3, 0.4) is 0 Å². The number of aliphatic carboxylic acids is 1. The lowest BCUT2D eigenvalue weighted by Crippen LogP contribution is -2.21. The molecule has 4 nitrogen and oxygen atoms in total. The molecule has 0 saturated carbocycles. The van der Waals surface area contributed by atoms with E-state index in [0.717, 1.165) is 35.8 Å². The summed E-state index contributed by atoms with van der Waals surface area (Å²) in [6.45, 7) is 1.88. The molecule has 0 unspecified atom stereocenters. The second kappa shape index (κ2) is 9.37. The monoisotopic (exact) mass is 400 g/mol. The Labute approximate surface area is 150 Å². The molecule has 132 valence electrons. The molecule has 2 N–H and O–H groups in total. The number of nitrogens with one attached hydrogen (secondary N) is 1. The van der Waals surface area contributed by atoms with Crippen molar-refractivity contribution in [2.75, 3.05) is 18.8 Å². The predicted molar refractivity (Wildman–Crippen MR) is 86.8 cm³/mol.